The Bertz CT molecular complexity index is 605. The summed E-state index contributed by atoms with van der Waals surface area (Å²) < 4.78 is 5.56. The van der Waals surface area contributed by atoms with E-state index in [0.29, 0.717) is 19.6 Å². The zero-order valence-electron chi connectivity index (χ0n) is 13.5. The van der Waals surface area contributed by atoms with Crippen molar-refractivity contribution >= 4 is 29.3 Å². The number of nitrogens with one attached hydrogen (secondary N) is 1. The van der Waals surface area contributed by atoms with Gasteiger partial charge in [0.05, 0.1) is 6.61 Å². The fraction of sp³-hybridized carbons (Fsp3) is 0.316. The molecular weight excluding hydrogens is 342 g/mol. The molecule has 0 fully saturated rings. The van der Waals surface area contributed by atoms with E-state index in [9.17, 15) is 4.79 Å². The van der Waals surface area contributed by atoms with E-state index in [1.165, 1.54) is 5.56 Å². The van der Waals surface area contributed by atoms with Crippen molar-refractivity contribution in [1.82, 2.24) is 5.32 Å². The van der Waals surface area contributed by atoms with Crippen LogP contribution in [0.1, 0.15) is 18.4 Å². The molecule has 0 saturated heterocycles. The Kier molecular flexibility index (Phi) is 8.56. The van der Waals surface area contributed by atoms with Gasteiger partial charge in [0, 0.05) is 29.5 Å². The van der Waals surface area contributed by atoms with Gasteiger partial charge in [-0.2, -0.15) is 11.8 Å². The molecule has 0 bridgehead atoms. The van der Waals surface area contributed by atoms with Crippen LogP contribution in [-0.2, 0) is 10.5 Å². The molecule has 0 aromatic heterocycles. The van der Waals surface area contributed by atoms with E-state index in [2.05, 4.69) is 5.32 Å². The summed E-state index contributed by atoms with van der Waals surface area (Å²) in [5.41, 5.74) is 1.24. The molecule has 24 heavy (non-hydrogen) atoms. The van der Waals surface area contributed by atoms with Crippen LogP contribution in [0, 0.1) is 0 Å². The summed E-state index contributed by atoms with van der Waals surface area (Å²) >= 11 is 7.65. The maximum Gasteiger partial charge on any atom is 0.220 e. The molecule has 5 heteroatoms. The number of ether oxygens (including phenoxy) is 1. The highest BCUT2D eigenvalue weighted by molar-refractivity contribution is 7.98. The van der Waals surface area contributed by atoms with Crippen molar-refractivity contribution in [1.29, 1.82) is 0 Å². The molecule has 128 valence electrons. The molecule has 2 aromatic carbocycles. The number of benzene rings is 2. The van der Waals surface area contributed by atoms with E-state index < -0.39 is 0 Å². The SMILES string of the molecule is O=C(CCCOc1ccccc1)NCCSCc1ccc(Cl)cc1. The lowest BCUT2D eigenvalue weighted by Gasteiger charge is -2.07. The normalized spacial score (nSPS) is 10.4. The monoisotopic (exact) mass is 363 g/mol. The second-order valence-electron chi connectivity index (χ2n) is 5.29. The molecule has 0 unspecified atom stereocenters. The van der Waals surface area contributed by atoms with Gasteiger partial charge in [0.15, 0.2) is 0 Å². The van der Waals surface area contributed by atoms with E-state index in [1.54, 1.807) is 11.8 Å². The van der Waals surface area contributed by atoms with Gasteiger partial charge in [-0.25, -0.2) is 0 Å². The lowest BCUT2D eigenvalue weighted by Crippen LogP contribution is -2.25. The predicted molar refractivity (Wildman–Crippen MR) is 102 cm³/mol. The van der Waals surface area contributed by atoms with Crippen LogP contribution in [0.4, 0.5) is 0 Å². The quantitative estimate of drug-likeness (QED) is 0.629. The first-order valence-electron chi connectivity index (χ1n) is 8.01. The molecule has 0 heterocycles. The first-order valence-corrected chi connectivity index (χ1v) is 9.54. The van der Waals surface area contributed by atoms with Crippen LogP contribution in [0.2, 0.25) is 5.02 Å². The van der Waals surface area contributed by atoms with Crippen molar-refractivity contribution in [2.24, 2.45) is 0 Å². The van der Waals surface area contributed by atoms with E-state index in [1.807, 2.05) is 54.6 Å². The molecule has 0 aliphatic carbocycles. The number of hydrogen-bond donors (Lipinski definition) is 1. The number of hydrogen-bond acceptors (Lipinski definition) is 3. The minimum absolute atomic E-state index is 0.0822. The van der Waals surface area contributed by atoms with Crippen LogP contribution >= 0.6 is 23.4 Å². The molecule has 0 aliphatic rings. The third kappa shape index (κ3) is 7.75. The van der Waals surface area contributed by atoms with E-state index in [4.69, 9.17) is 16.3 Å². The van der Waals surface area contributed by atoms with Gasteiger partial charge < -0.3 is 10.1 Å². The summed E-state index contributed by atoms with van der Waals surface area (Å²) in [4.78, 5) is 11.7. The number of halogens is 1. The number of carbonyl (C=O) groups excluding carboxylic acids is 1. The van der Waals surface area contributed by atoms with Gasteiger partial charge >= 0.3 is 0 Å². The van der Waals surface area contributed by atoms with Gasteiger partial charge in [0.25, 0.3) is 0 Å². The summed E-state index contributed by atoms with van der Waals surface area (Å²) in [6.07, 6.45) is 1.22. The molecule has 3 nitrogen and oxygen atoms in total. The second kappa shape index (κ2) is 11.0. The molecule has 1 N–H and O–H groups in total. The van der Waals surface area contributed by atoms with Crippen LogP contribution in [-0.4, -0.2) is 24.8 Å². The van der Waals surface area contributed by atoms with Crippen molar-refractivity contribution in [3.8, 4) is 5.75 Å². The first kappa shape index (κ1) is 18.7. The van der Waals surface area contributed by atoms with Crippen LogP contribution < -0.4 is 10.1 Å². The van der Waals surface area contributed by atoms with Gasteiger partial charge in [-0.15, -0.1) is 0 Å². The van der Waals surface area contributed by atoms with Crippen molar-refractivity contribution < 1.29 is 9.53 Å². The lowest BCUT2D eigenvalue weighted by atomic mass is 10.2. The van der Waals surface area contributed by atoms with E-state index in [0.717, 1.165) is 28.7 Å². The molecule has 0 spiro atoms. The van der Waals surface area contributed by atoms with Gasteiger partial charge in [-0.05, 0) is 36.2 Å². The third-order valence-corrected chi connectivity index (χ3v) is 4.59. The van der Waals surface area contributed by atoms with Gasteiger partial charge in [-0.3, -0.25) is 4.79 Å². The highest BCUT2D eigenvalue weighted by Crippen LogP contribution is 2.15. The van der Waals surface area contributed by atoms with Crippen molar-refractivity contribution in [3.05, 3.63) is 65.2 Å². The summed E-state index contributed by atoms with van der Waals surface area (Å²) in [6.45, 7) is 1.25. The zero-order valence-corrected chi connectivity index (χ0v) is 15.1. The van der Waals surface area contributed by atoms with E-state index >= 15 is 0 Å². The number of rotatable bonds is 10. The Morgan fingerprint density at radius 2 is 1.83 bits per heavy atom. The minimum atomic E-state index is 0.0822. The maximum atomic E-state index is 11.7. The van der Waals surface area contributed by atoms with Crippen LogP contribution in [0.5, 0.6) is 5.75 Å². The number of para-hydroxylation sites is 1. The maximum absolute atomic E-state index is 11.7. The lowest BCUT2D eigenvalue weighted by molar-refractivity contribution is -0.121. The molecule has 2 aromatic rings. The fourth-order valence-electron chi connectivity index (χ4n) is 2.06. The number of carbonyl (C=O) groups is 1. The van der Waals surface area contributed by atoms with Crippen LogP contribution in [0.25, 0.3) is 0 Å². The molecule has 1 amide bonds. The van der Waals surface area contributed by atoms with Crippen molar-refractivity contribution in [2.45, 2.75) is 18.6 Å². The molecule has 0 saturated carbocycles. The highest BCUT2D eigenvalue weighted by atomic mass is 35.5. The zero-order chi connectivity index (χ0) is 17.0. The van der Waals surface area contributed by atoms with E-state index in [-0.39, 0.29) is 5.91 Å². The summed E-state index contributed by atoms with van der Waals surface area (Å²) in [7, 11) is 0. The highest BCUT2D eigenvalue weighted by Gasteiger charge is 2.01. The Hall–Kier alpha value is -1.65. The Labute approximate surface area is 152 Å². The molecule has 0 aliphatic heterocycles. The van der Waals surface area contributed by atoms with Crippen molar-refractivity contribution in [2.75, 3.05) is 18.9 Å². The Morgan fingerprint density at radius 3 is 2.58 bits per heavy atom. The third-order valence-electron chi connectivity index (χ3n) is 3.31. The smallest absolute Gasteiger partial charge is 0.220 e. The number of thioether (sulfide) groups is 1. The molecule has 0 atom stereocenters. The summed E-state index contributed by atoms with van der Waals surface area (Å²) in [5.74, 6) is 2.75. The second-order valence-corrected chi connectivity index (χ2v) is 6.84. The predicted octanol–water partition coefficient (Wildman–Crippen LogP) is 4.55. The molecule has 0 radical (unpaired) electrons. The topological polar surface area (TPSA) is 38.3 Å². The average Bonchev–Trinajstić information content (AvgIpc) is 2.61. The van der Waals surface area contributed by atoms with Gasteiger partial charge in [0.2, 0.25) is 5.91 Å². The van der Waals surface area contributed by atoms with Crippen LogP contribution in [0.15, 0.2) is 54.6 Å². The summed E-state index contributed by atoms with van der Waals surface area (Å²) in [5, 5.41) is 3.70. The molecular formula is C19H22ClNO2S. The van der Waals surface area contributed by atoms with Crippen LogP contribution in [0.3, 0.4) is 0 Å². The standard InChI is InChI=1S/C19H22ClNO2S/c20-17-10-8-16(9-11-17)15-24-14-12-21-19(22)7-4-13-23-18-5-2-1-3-6-18/h1-3,5-6,8-11H,4,7,12-15H2,(H,21,22). The Morgan fingerprint density at radius 1 is 1.08 bits per heavy atom. The fourth-order valence-corrected chi connectivity index (χ4v) is 3.01. The van der Waals surface area contributed by atoms with Crippen molar-refractivity contribution in [3.63, 3.8) is 0 Å². The first-order chi connectivity index (χ1) is 11.7. The molecule has 2 rings (SSSR count). The van der Waals surface area contributed by atoms with Gasteiger partial charge in [-0.1, -0.05) is 41.9 Å². The largest absolute Gasteiger partial charge is 0.494 e. The number of amides is 1. The minimum Gasteiger partial charge on any atom is -0.494 e. The Balaban J connectivity index is 1.47. The van der Waals surface area contributed by atoms with Gasteiger partial charge in [0.1, 0.15) is 5.75 Å². The average molecular weight is 364 g/mol. The summed E-state index contributed by atoms with van der Waals surface area (Å²) in [6, 6.07) is 17.5.